The van der Waals surface area contributed by atoms with E-state index in [2.05, 4.69) is 4.98 Å². The molecule has 1 rings (SSSR count). The van der Waals surface area contributed by atoms with Gasteiger partial charge in [-0.25, -0.2) is 0 Å². The molecule has 0 aliphatic rings. The normalized spacial score (nSPS) is 9.83. The lowest BCUT2D eigenvalue weighted by molar-refractivity contribution is 0.299. The Labute approximate surface area is 71.0 Å². The monoisotopic (exact) mass is 168 g/mol. The maximum Gasteiger partial charge on any atom is 0.214 e. The summed E-state index contributed by atoms with van der Waals surface area (Å²) in [5.74, 6) is 0.914. The average molecular weight is 168 g/mol. The Bertz CT molecular complexity index is 263. The maximum atomic E-state index is 8.66. The lowest BCUT2D eigenvalue weighted by atomic mass is 10.2. The van der Waals surface area contributed by atoms with Crippen LogP contribution >= 0.6 is 0 Å². The summed E-state index contributed by atoms with van der Waals surface area (Å²) in [6, 6.07) is 3.53. The van der Waals surface area contributed by atoms with Gasteiger partial charge in [-0.3, -0.25) is 0 Å². The Morgan fingerprint density at radius 2 is 2.33 bits per heavy atom. The first kappa shape index (κ1) is 8.80. The zero-order valence-electron chi connectivity index (χ0n) is 6.95. The summed E-state index contributed by atoms with van der Waals surface area (Å²) in [4.78, 5) is 3.95. The number of nitrogens with two attached hydrogens (primary N) is 1. The van der Waals surface area contributed by atoms with Crippen molar-refractivity contribution in [2.24, 2.45) is 0 Å². The fourth-order valence-electron chi connectivity index (χ4n) is 0.931. The highest BCUT2D eigenvalue weighted by molar-refractivity contribution is 5.41. The van der Waals surface area contributed by atoms with Crippen LogP contribution in [0.25, 0.3) is 0 Å². The summed E-state index contributed by atoms with van der Waals surface area (Å²) in [5, 5.41) is 8.66. The molecule has 0 bridgehead atoms. The van der Waals surface area contributed by atoms with Gasteiger partial charge in [0.2, 0.25) is 5.88 Å². The Morgan fingerprint density at radius 3 is 2.83 bits per heavy atom. The molecule has 0 saturated carbocycles. The number of hydrogen-bond donors (Lipinski definition) is 2. The van der Waals surface area contributed by atoms with E-state index < -0.39 is 0 Å². The third-order valence-electron chi connectivity index (χ3n) is 1.58. The number of aromatic nitrogens is 1. The smallest absolute Gasteiger partial charge is 0.214 e. The minimum atomic E-state index is 0.0816. The van der Waals surface area contributed by atoms with Gasteiger partial charge in [0.25, 0.3) is 0 Å². The van der Waals surface area contributed by atoms with Crippen LogP contribution in [0, 0.1) is 0 Å². The molecule has 1 heterocycles. The van der Waals surface area contributed by atoms with Gasteiger partial charge < -0.3 is 15.6 Å². The van der Waals surface area contributed by atoms with Crippen molar-refractivity contribution < 1.29 is 9.84 Å². The van der Waals surface area contributed by atoms with Gasteiger partial charge in [0.05, 0.1) is 7.11 Å². The summed E-state index contributed by atoms with van der Waals surface area (Å²) < 4.78 is 4.87. The van der Waals surface area contributed by atoms with Crippen molar-refractivity contribution in [3.63, 3.8) is 0 Å². The molecule has 0 radical (unpaired) electrons. The number of rotatable bonds is 3. The second kappa shape index (κ2) is 3.92. The molecular weight excluding hydrogens is 156 g/mol. The highest BCUT2D eigenvalue weighted by Crippen LogP contribution is 2.14. The van der Waals surface area contributed by atoms with Gasteiger partial charge in [0.1, 0.15) is 5.82 Å². The zero-order chi connectivity index (χ0) is 8.97. The molecule has 0 unspecified atom stereocenters. The summed E-state index contributed by atoms with van der Waals surface area (Å²) in [5.41, 5.74) is 6.43. The molecule has 1 aromatic rings. The fourth-order valence-corrected chi connectivity index (χ4v) is 0.931. The summed E-state index contributed by atoms with van der Waals surface area (Å²) >= 11 is 0. The topological polar surface area (TPSA) is 68.4 Å². The minimum absolute atomic E-state index is 0.0816. The average Bonchev–Trinajstić information content (AvgIpc) is 2.09. The molecular formula is C8H12N2O2. The molecule has 0 aliphatic carbocycles. The first-order valence-corrected chi connectivity index (χ1v) is 3.68. The van der Waals surface area contributed by atoms with Crippen LogP contribution < -0.4 is 10.5 Å². The molecule has 1 aromatic heterocycles. The van der Waals surface area contributed by atoms with Gasteiger partial charge in [-0.15, -0.1) is 0 Å². The standard InChI is InChI=1S/C8H12N2O2/c1-12-7-3-2-6(4-5-11)8(9)10-7/h2-3,11H,4-5H2,1H3,(H2,9,10). The molecule has 4 nitrogen and oxygen atoms in total. The van der Waals surface area contributed by atoms with E-state index in [1.54, 1.807) is 12.1 Å². The quantitative estimate of drug-likeness (QED) is 0.676. The molecule has 4 heteroatoms. The Balaban J connectivity index is 2.87. The van der Waals surface area contributed by atoms with Gasteiger partial charge >= 0.3 is 0 Å². The van der Waals surface area contributed by atoms with Crippen LogP contribution in [0.3, 0.4) is 0 Å². The summed E-state index contributed by atoms with van der Waals surface area (Å²) in [6.07, 6.45) is 0.531. The number of nitrogens with zero attached hydrogens (tertiary/aromatic N) is 1. The van der Waals surface area contributed by atoms with Crippen LogP contribution in [0.1, 0.15) is 5.56 Å². The Morgan fingerprint density at radius 1 is 1.58 bits per heavy atom. The Kier molecular flexibility index (Phi) is 2.88. The maximum absolute atomic E-state index is 8.66. The molecule has 0 spiro atoms. The molecule has 0 saturated heterocycles. The minimum Gasteiger partial charge on any atom is -0.481 e. The van der Waals surface area contributed by atoms with Crippen LogP contribution in [-0.2, 0) is 6.42 Å². The van der Waals surface area contributed by atoms with E-state index in [0.717, 1.165) is 5.56 Å². The van der Waals surface area contributed by atoms with E-state index in [4.69, 9.17) is 15.6 Å². The molecule has 0 amide bonds. The van der Waals surface area contributed by atoms with Crippen LogP contribution in [0.2, 0.25) is 0 Å². The molecule has 3 N–H and O–H groups in total. The summed E-state index contributed by atoms with van der Waals surface area (Å²) in [6.45, 7) is 0.0816. The first-order valence-electron chi connectivity index (χ1n) is 3.68. The van der Waals surface area contributed by atoms with Crippen LogP contribution in [0.5, 0.6) is 5.88 Å². The number of hydrogen-bond acceptors (Lipinski definition) is 4. The number of ether oxygens (including phenoxy) is 1. The number of anilines is 1. The molecule has 0 atom stereocenters. The highest BCUT2D eigenvalue weighted by Gasteiger charge is 2.01. The molecule has 66 valence electrons. The second-order valence-corrected chi connectivity index (χ2v) is 2.37. The number of aliphatic hydroxyl groups is 1. The van der Waals surface area contributed by atoms with Crippen molar-refractivity contribution >= 4 is 5.82 Å². The van der Waals surface area contributed by atoms with E-state index in [-0.39, 0.29) is 6.61 Å². The van der Waals surface area contributed by atoms with E-state index in [1.165, 1.54) is 7.11 Å². The molecule has 0 aliphatic heterocycles. The van der Waals surface area contributed by atoms with Crippen molar-refractivity contribution in [1.29, 1.82) is 0 Å². The zero-order valence-corrected chi connectivity index (χ0v) is 6.95. The van der Waals surface area contributed by atoms with E-state index in [0.29, 0.717) is 18.1 Å². The lowest BCUT2D eigenvalue weighted by Crippen LogP contribution is -2.01. The van der Waals surface area contributed by atoms with Crippen molar-refractivity contribution in [3.8, 4) is 5.88 Å². The van der Waals surface area contributed by atoms with E-state index in [9.17, 15) is 0 Å². The third kappa shape index (κ3) is 1.85. The van der Waals surface area contributed by atoms with Gasteiger partial charge in [-0.1, -0.05) is 0 Å². The predicted molar refractivity (Wildman–Crippen MR) is 46.0 cm³/mol. The van der Waals surface area contributed by atoms with Crippen LogP contribution in [0.15, 0.2) is 12.1 Å². The number of methoxy groups -OCH3 is 1. The molecule has 0 fully saturated rings. The van der Waals surface area contributed by atoms with Crippen LogP contribution in [0.4, 0.5) is 5.82 Å². The second-order valence-electron chi connectivity index (χ2n) is 2.37. The number of nitrogen functional groups attached to an aromatic ring is 1. The Hall–Kier alpha value is -1.29. The van der Waals surface area contributed by atoms with Crippen molar-refractivity contribution in [3.05, 3.63) is 17.7 Å². The van der Waals surface area contributed by atoms with E-state index >= 15 is 0 Å². The fraction of sp³-hybridized carbons (Fsp3) is 0.375. The third-order valence-corrected chi connectivity index (χ3v) is 1.58. The lowest BCUT2D eigenvalue weighted by Gasteiger charge is -2.04. The number of aliphatic hydroxyl groups excluding tert-OH is 1. The van der Waals surface area contributed by atoms with E-state index in [1.807, 2.05) is 0 Å². The van der Waals surface area contributed by atoms with Gasteiger partial charge in [-0.05, 0) is 18.1 Å². The first-order chi connectivity index (χ1) is 5.77. The largest absolute Gasteiger partial charge is 0.481 e. The number of pyridine rings is 1. The molecule has 12 heavy (non-hydrogen) atoms. The van der Waals surface area contributed by atoms with Crippen molar-refractivity contribution in [2.45, 2.75) is 6.42 Å². The van der Waals surface area contributed by atoms with Gasteiger partial charge in [0, 0.05) is 12.7 Å². The SMILES string of the molecule is COc1ccc(CCO)c(N)n1. The predicted octanol–water partition coefficient (Wildman–Crippen LogP) is 0.207. The molecule has 0 aromatic carbocycles. The van der Waals surface area contributed by atoms with Crippen molar-refractivity contribution in [2.75, 3.05) is 19.5 Å². The van der Waals surface area contributed by atoms with Gasteiger partial charge in [-0.2, -0.15) is 4.98 Å². The van der Waals surface area contributed by atoms with Crippen LogP contribution in [-0.4, -0.2) is 23.8 Å². The summed E-state index contributed by atoms with van der Waals surface area (Å²) in [7, 11) is 1.54. The highest BCUT2D eigenvalue weighted by atomic mass is 16.5. The van der Waals surface area contributed by atoms with Gasteiger partial charge in [0.15, 0.2) is 0 Å². The van der Waals surface area contributed by atoms with Crippen molar-refractivity contribution in [1.82, 2.24) is 4.98 Å².